The number of amides is 1. The maximum absolute atomic E-state index is 15.2. The van der Waals surface area contributed by atoms with E-state index in [0.29, 0.717) is 37.4 Å². The van der Waals surface area contributed by atoms with E-state index in [-0.39, 0.29) is 28.2 Å². The van der Waals surface area contributed by atoms with Crippen LogP contribution in [-0.2, 0) is 10.0 Å². The lowest BCUT2D eigenvalue weighted by Crippen LogP contribution is -2.25. The summed E-state index contributed by atoms with van der Waals surface area (Å²) in [5.41, 5.74) is 2.87. The lowest BCUT2D eigenvalue weighted by Gasteiger charge is -2.21. The highest BCUT2D eigenvalue weighted by Gasteiger charge is 2.26. The Morgan fingerprint density at radius 2 is 1.74 bits per heavy atom. The Morgan fingerprint density at radius 1 is 1.00 bits per heavy atom. The van der Waals surface area contributed by atoms with E-state index in [1.807, 2.05) is 0 Å². The second kappa shape index (κ2) is 10.3. The largest absolute Gasteiger partial charge is 0.455 e. The first-order valence-corrected chi connectivity index (χ1v) is 15.3. The third-order valence-electron chi connectivity index (χ3n) is 6.88. The fourth-order valence-electron chi connectivity index (χ4n) is 4.70. The summed E-state index contributed by atoms with van der Waals surface area (Å²) in [6, 6.07) is 16.6. The number of nitrogens with zero attached hydrogens (tertiary/aromatic N) is 3. The minimum absolute atomic E-state index is 0.188. The summed E-state index contributed by atoms with van der Waals surface area (Å²) < 4.78 is 61.4. The van der Waals surface area contributed by atoms with Gasteiger partial charge in [0.05, 0.1) is 17.5 Å². The van der Waals surface area contributed by atoms with Crippen LogP contribution in [0.5, 0.6) is 0 Å². The summed E-state index contributed by atoms with van der Waals surface area (Å²) >= 11 is 1.23. The van der Waals surface area contributed by atoms with Crippen molar-refractivity contribution in [1.29, 1.82) is 0 Å². The van der Waals surface area contributed by atoms with Crippen molar-refractivity contribution in [1.82, 2.24) is 15.3 Å². The number of fused-ring (bicyclic) bond motifs is 2. The molecule has 42 heavy (non-hydrogen) atoms. The number of aromatic nitrogens is 2. The van der Waals surface area contributed by atoms with Crippen LogP contribution in [0.3, 0.4) is 0 Å². The maximum Gasteiger partial charge on any atom is 0.255 e. The molecule has 3 aromatic carbocycles. The van der Waals surface area contributed by atoms with Crippen LogP contribution in [-0.4, -0.2) is 44.6 Å². The minimum Gasteiger partial charge on any atom is -0.455 e. The average molecular weight is 605 g/mol. The Labute approximate surface area is 243 Å². The molecule has 0 aliphatic rings. The number of hydrogen-bond acceptors (Lipinski definition) is 7. The molecule has 0 bridgehead atoms. The van der Waals surface area contributed by atoms with Crippen molar-refractivity contribution >= 4 is 54.3 Å². The fourth-order valence-corrected chi connectivity index (χ4v) is 6.13. The Morgan fingerprint density at radius 3 is 2.43 bits per heavy atom. The summed E-state index contributed by atoms with van der Waals surface area (Å²) in [5, 5.41) is 3.42. The Bertz CT molecular complexity index is 2090. The van der Waals surface area contributed by atoms with Crippen molar-refractivity contribution in [2.45, 2.75) is 0 Å². The molecule has 1 amide bonds. The number of hydrogen-bond donors (Lipinski definition) is 1. The summed E-state index contributed by atoms with van der Waals surface area (Å²) in [5.74, 6) is -1.22. The predicted molar refractivity (Wildman–Crippen MR) is 160 cm³/mol. The standard InChI is InChI=1S/C30H22F2N4O4S2/c1-33-28(37)26-21-14-19(17-8-11-22(32)20(13-17)29-35-23-5-4-12-34-30(23)41-29)24(36(2)42(3,38)39)15-25(21)40-27(26)16-6-9-18(31)10-7-16/h4-15H,1-3H3,(H,33,37). The number of halogens is 2. The van der Waals surface area contributed by atoms with Gasteiger partial charge in [-0.3, -0.25) is 9.10 Å². The van der Waals surface area contributed by atoms with Crippen LogP contribution >= 0.6 is 11.3 Å². The minimum atomic E-state index is -3.75. The molecule has 6 aromatic rings. The molecule has 8 nitrogen and oxygen atoms in total. The molecule has 0 radical (unpaired) electrons. The highest BCUT2D eigenvalue weighted by molar-refractivity contribution is 7.92. The van der Waals surface area contributed by atoms with Crippen molar-refractivity contribution in [3.05, 3.63) is 90.1 Å². The number of rotatable bonds is 6. The molecule has 0 saturated heterocycles. The van der Waals surface area contributed by atoms with E-state index in [4.69, 9.17) is 4.42 Å². The van der Waals surface area contributed by atoms with E-state index in [1.165, 1.54) is 67.9 Å². The second-order valence-corrected chi connectivity index (χ2v) is 12.5. The lowest BCUT2D eigenvalue weighted by atomic mass is 9.97. The van der Waals surface area contributed by atoms with Gasteiger partial charge in [-0.1, -0.05) is 17.4 Å². The maximum atomic E-state index is 15.2. The molecule has 0 aliphatic carbocycles. The van der Waals surface area contributed by atoms with Gasteiger partial charge in [0, 0.05) is 48.4 Å². The Hall–Kier alpha value is -4.68. The van der Waals surface area contributed by atoms with Gasteiger partial charge >= 0.3 is 0 Å². The van der Waals surface area contributed by atoms with Crippen LogP contribution in [0.1, 0.15) is 10.4 Å². The van der Waals surface area contributed by atoms with E-state index in [2.05, 4.69) is 15.3 Å². The molecular formula is C30H22F2N4O4S2. The summed E-state index contributed by atoms with van der Waals surface area (Å²) in [4.78, 5) is 22.6. The number of thiazole rings is 1. The highest BCUT2D eigenvalue weighted by atomic mass is 32.2. The van der Waals surface area contributed by atoms with Gasteiger partial charge in [0.15, 0.2) is 0 Å². The predicted octanol–water partition coefficient (Wildman–Crippen LogP) is 6.47. The molecule has 0 fully saturated rings. The zero-order valence-electron chi connectivity index (χ0n) is 22.5. The van der Waals surface area contributed by atoms with E-state index < -0.39 is 27.6 Å². The molecule has 6 rings (SSSR count). The normalized spacial score (nSPS) is 11.7. The molecule has 0 saturated carbocycles. The zero-order chi connectivity index (χ0) is 29.8. The number of furan rings is 1. The van der Waals surface area contributed by atoms with Crippen LogP contribution < -0.4 is 9.62 Å². The molecule has 0 spiro atoms. The summed E-state index contributed by atoms with van der Waals surface area (Å²) in [6.07, 6.45) is 2.70. The zero-order valence-corrected chi connectivity index (χ0v) is 24.1. The van der Waals surface area contributed by atoms with Crippen LogP contribution in [0.2, 0.25) is 0 Å². The molecule has 0 aliphatic heterocycles. The molecule has 1 N–H and O–H groups in total. The van der Waals surface area contributed by atoms with Gasteiger partial charge in [0.2, 0.25) is 10.0 Å². The van der Waals surface area contributed by atoms with Gasteiger partial charge < -0.3 is 9.73 Å². The SMILES string of the molecule is CNC(=O)c1c(-c2ccc(F)cc2)oc2cc(N(C)S(C)(=O)=O)c(-c3ccc(F)c(-c4nc5cccnc5s4)c3)cc12. The number of carbonyl (C=O) groups is 1. The molecule has 0 atom stereocenters. The van der Waals surface area contributed by atoms with Gasteiger partial charge in [0.1, 0.15) is 38.3 Å². The van der Waals surface area contributed by atoms with Crippen LogP contribution in [0.15, 0.2) is 77.3 Å². The van der Waals surface area contributed by atoms with Gasteiger partial charge in [-0.15, -0.1) is 0 Å². The molecule has 3 aromatic heterocycles. The topological polar surface area (TPSA) is 105 Å². The third kappa shape index (κ3) is 4.78. The first kappa shape index (κ1) is 27.5. The van der Waals surface area contributed by atoms with Crippen molar-refractivity contribution in [3.8, 4) is 33.0 Å². The van der Waals surface area contributed by atoms with Crippen molar-refractivity contribution in [3.63, 3.8) is 0 Å². The summed E-state index contributed by atoms with van der Waals surface area (Å²) in [7, 11) is -0.876. The van der Waals surface area contributed by atoms with E-state index >= 15 is 4.39 Å². The van der Waals surface area contributed by atoms with Crippen molar-refractivity contribution in [2.24, 2.45) is 0 Å². The van der Waals surface area contributed by atoms with Gasteiger partial charge in [-0.2, -0.15) is 0 Å². The smallest absolute Gasteiger partial charge is 0.255 e. The molecule has 0 unspecified atom stereocenters. The molecule has 212 valence electrons. The molecule has 3 heterocycles. The fraction of sp³-hybridized carbons (Fsp3) is 0.100. The first-order chi connectivity index (χ1) is 20.0. The van der Waals surface area contributed by atoms with Gasteiger partial charge in [-0.25, -0.2) is 27.2 Å². The van der Waals surface area contributed by atoms with E-state index in [9.17, 15) is 17.6 Å². The van der Waals surface area contributed by atoms with E-state index in [0.717, 1.165) is 10.6 Å². The quantitative estimate of drug-likeness (QED) is 0.234. The van der Waals surface area contributed by atoms with Crippen molar-refractivity contribution < 1.29 is 26.4 Å². The Kier molecular flexibility index (Phi) is 6.74. The monoisotopic (exact) mass is 604 g/mol. The number of sulfonamides is 1. The van der Waals surface area contributed by atoms with Crippen LogP contribution in [0, 0.1) is 11.6 Å². The number of benzene rings is 3. The number of pyridine rings is 1. The summed E-state index contributed by atoms with van der Waals surface area (Å²) in [6.45, 7) is 0. The van der Waals surface area contributed by atoms with Crippen LogP contribution in [0.4, 0.5) is 14.5 Å². The molecular weight excluding hydrogens is 582 g/mol. The average Bonchev–Trinajstić information content (AvgIpc) is 3.57. The van der Waals surface area contributed by atoms with Crippen LogP contribution in [0.25, 0.3) is 54.3 Å². The second-order valence-electron chi connectivity index (χ2n) is 9.53. The number of carbonyl (C=O) groups excluding carboxylic acids is 1. The highest BCUT2D eigenvalue weighted by Crippen LogP contribution is 2.42. The molecule has 12 heteroatoms. The Balaban J connectivity index is 1.63. The lowest BCUT2D eigenvalue weighted by molar-refractivity contribution is 0.0964. The van der Waals surface area contributed by atoms with Gasteiger partial charge in [0.25, 0.3) is 5.91 Å². The third-order valence-corrected chi connectivity index (χ3v) is 9.08. The van der Waals surface area contributed by atoms with Gasteiger partial charge in [-0.05, 0) is 60.2 Å². The van der Waals surface area contributed by atoms with E-state index in [1.54, 1.807) is 30.5 Å². The van der Waals surface area contributed by atoms with Crippen molar-refractivity contribution in [2.75, 3.05) is 24.7 Å². The number of nitrogens with one attached hydrogen (secondary N) is 1. The first-order valence-electron chi connectivity index (χ1n) is 12.6. The number of anilines is 1.